The van der Waals surface area contributed by atoms with Crippen molar-refractivity contribution in [3.63, 3.8) is 0 Å². The number of hydrogen-bond donors (Lipinski definition) is 2. The van der Waals surface area contributed by atoms with Crippen LogP contribution in [0, 0.1) is 0 Å². The SMILES string of the molecule is CCCN(C(C)CC(C)(O)CN)C1CC1. The first kappa shape index (κ1) is 12.9. The summed E-state index contributed by atoms with van der Waals surface area (Å²) in [6.45, 7) is 7.75. The summed E-state index contributed by atoms with van der Waals surface area (Å²) in [7, 11) is 0. The molecule has 2 atom stereocenters. The second-order valence-corrected chi connectivity index (χ2v) is 5.22. The second-order valence-electron chi connectivity index (χ2n) is 5.22. The van der Waals surface area contributed by atoms with Crippen molar-refractivity contribution in [2.24, 2.45) is 5.73 Å². The fraction of sp³-hybridized carbons (Fsp3) is 1.00. The molecule has 0 saturated heterocycles. The van der Waals surface area contributed by atoms with Gasteiger partial charge in [0, 0.05) is 18.6 Å². The summed E-state index contributed by atoms with van der Waals surface area (Å²) in [4.78, 5) is 2.53. The van der Waals surface area contributed by atoms with Crippen molar-refractivity contribution >= 4 is 0 Å². The van der Waals surface area contributed by atoms with Crippen LogP contribution in [0.1, 0.15) is 46.5 Å². The van der Waals surface area contributed by atoms with Gasteiger partial charge in [-0.25, -0.2) is 0 Å². The Morgan fingerprint density at radius 3 is 2.53 bits per heavy atom. The van der Waals surface area contributed by atoms with Crippen molar-refractivity contribution in [1.82, 2.24) is 4.90 Å². The highest BCUT2D eigenvalue weighted by Crippen LogP contribution is 2.30. The number of nitrogens with zero attached hydrogens (tertiary/aromatic N) is 1. The first-order valence-corrected chi connectivity index (χ1v) is 6.18. The summed E-state index contributed by atoms with van der Waals surface area (Å²) >= 11 is 0. The molecule has 0 radical (unpaired) electrons. The summed E-state index contributed by atoms with van der Waals surface area (Å²) in [6, 6.07) is 1.21. The van der Waals surface area contributed by atoms with Crippen molar-refractivity contribution < 1.29 is 5.11 Å². The highest BCUT2D eigenvalue weighted by atomic mass is 16.3. The van der Waals surface area contributed by atoms with Gasteiger partial charge in [-0.2, -0.15) is 0 Å². The first-order valence-electron chi connectivity index (χ1n) is 6.18. The smallest absolute Gasteiger partial charge is 0.0756 e. The predicted molar refractivity (Wildman–Crippen MR) is 63.8 cm³/mol. The molecular weight excluding hydrogens is 188 g/mol. The third kappa shape index (κ3) is 4.09. The zero-order valence-electron chi connectivity index (χ0n) is 10.4. The first-order chi connectivity index (χ1) is 7.00. The number of rotatable bonds is 7. The third-order valence-corrected chi connectivity index (χ3v) is 3.24. The van der Waals surface area contributed by atoms with Gasteiger partial charge in [0.1, 0.15) is 0 Å². The number of hydrogen-bond acceptors (Lipinski definition) is 3. The lowest BCUT2D eigenvalue weighted by Gasteiger charge is -2.33. The van der Waals surface area contributed by atoms with Crippen LogP contribution in [0.25, 0.3) is 0 Å². The van der Waals surface area contributed by atoms with E-state index in [1.165, 1.54) is 19.3 Å². The Labute approximate surface area is 93.6 Å². The van der Waals surface area contributed by atoms with E-state index in [2.05, 4.69) is 18.7 Å². The Morgan fingerprint density at radius 1 is 1.53 bits per heavy atom. The van der Waals surface area contributed by atoms with E-state index >= 15 is 0 Å². The molecule has 3 nitrogen and oxygen atoms in total. The van der Waals surface area contributed by atoms with Crippen LogP contribution in [-0.4, -0.2) is 40.8 Å². The largest absolute Gasteiger partial charge is 0.389 e. The Bertz CT molecular complexity index is 190. The summed E-state index contributed by atoms with van der Waals surface area (Å²) in [6.07, 6.45) is 4.62. The van der Waals surface area contributed by atoms with Gasteiger partial charge in [0.05, 0.1) is 5.60 Å². The van der Waals surface area contributed by atoms with Gasteiger partial charge in [0.25, 0.3) is 0 Å². The molecule has 3 N–H and O–H groups in total. The number of nitrogens with two attached hydrogens (primary N) is 1. The molecule has 3 heteroatoms. The van der Waals surface area contributed by atoms with Crippen LogP contribution in [0.4, 0.5) is 0 Å². The van der Waals surface area contributed by atoms with Gasteiger partial charge in [-0.05, 0) is 46.1 Å². The molecule has 0 amide bonds. The lowest BCUT2D eigenvalue weighted by molar-refractivity contribution is 0.0268. The van der Waals surface area contributed by atoms with Crippen molar-refractivity contribution in [2.45, 2.75) is 64.1 Å². The molecular formula is C12H26N2O. The number of aliphatic hydroxyl groups is 1. The Hall–Kier alpha value is -0.120. The minimum atomic E-state index is -0.708. The van der Waals surface area contributed by atoms with E-state index in [4.69, 9.17) is 5.73 Å². The van der Waals surface area contributed by atoms with Crippen molar-refractivity contribution in [3.05, 3.63) is 0 Å². The van der Waals surface area contributed by atoms with Crippen LogP contribution < -0.4 is 5.73 Å². The van der Waals surface area contributed by atoms with Gasteiger partial charge in [0.2, 0.25) is 0 Å². The molecule has 0 aromatic heterocycles. The zero-order chi connectivity index (χ0) is 11.5. The van der Waals surface area contributed by atoms with Crippen LogP contribution in [0.2, 0.25) is 0 Å². The molecule has 1 aliphatic rings. The Kier molecular flexibility index (Phi) is 4.56. The summed E-state index contributed by atoms with van der Waals surface area (Å²) in [5.41, 5.74) is 4.84. The lowest BCUT2D eigenvalue weighted by atomic mass is 9.97. The van der Waals surface area contributed by atoms with E-state index in [1.54, 1.807) is 0 Å². The van der Waals surface area contributed by atoms with Crippen LogP contribution in [-0.2, 0) is 0 Å². The predicted octanol–water partition coefficient (Wildman–Crippen LogP) is 1.35. The average Bonchev–Trinajstić information content (AvgIpc) is 2.96. The molecule has 0 aromatic rings. The Morgan fingerprint density at radius 2 is 2.13 bits per heavy atom. The summed E-state index contributed by atoms with van der Waals surface area (Å²) in [5.74, 6) is 0. The molecule has 0 aromatic carbocycles. The molecule has 0 heterocycles. The maximum absolute atomic E-state index is 9.96. The molecule has 1 saturated carbocycles. The Balaban J connectivity index is 2.44. The third-order valence-electron chi connectivity index (χ3n) is 3.24. The summed E-state index contributed by atoms with van der Waals surface area (Å²) in [5, 5.41) is 9.96. The summed E-state index contributed by atoms with van der Waals surface area (Å²) < 4.78 is 0. The molecule has 1 aliphatic carbocycles. The quantitative estimate of drug-likeness (QED) is 0.672. The highest BCUT2D eigenvalue weighted by Gasteiger charge is 2.34. The monoisotopic (exact) mass is 214 g/mol. The topological polar surface area (TPSA) is 49.5 Å². The van der Waals surface area contributed by atoms with E-state index in [1.807, 2.05) is 6.92 Å². The van der Waals surface area contributed by atoms with Gasteiger partial charge in [-0.3, -0.25) is 4.90 Å². The van der Waals surface area contributed by atoms with Crippen LogP contribution in [0.3, 0.4) is 0 Å². The minimum absolute atomic E-state index is 0.349. The van der Waals surface area contributed by atoms with Crippen LogP contribution >= 0.6 is 0 Å². The molecule has 15 heavy (non-hydrogen) atoms. The van der Waals surface area contributed by atoms with E-state index in [0.29, 0.717) is 12.6 Å². The molecule has 1 fully saturated rings. The van der Waals surface area contributed by atoms with Gasteiger partial charge < -0.3 is 10.8 Å². The van der Waals surface area contributed by atoms with Crippen LogP contribution in [0.15, 0.2) is 0 Å². The molecule has 90 valence electrons. The molecule has 0 aliphatic heterocycles. The molecule has 0 spiro atoms. The second kappa shape index (κ2) is 5.28. The molecule has 1 rings (SSSR count). The molecule has 2 unspecified atom stereocenters. The van der Waals surface area contributed by atoms with Crippen LogP contribution in [0.5, 0.6) is 0 Å². The highest BCUT2D eigenvalue weighted by molar-refractivity contribution is 4.90. The zero-order valence-corrected chi connectivity index (χ0v) is 10.4. The van der Waals surface area contributed by atoms with Crippen molar-refractivity contribution in [2.75, 3.05) is 13.1 Å². The lowest BCUT2D eigenvalue weighted by Crippen LogP contribution is -2.44. The van der Waals surface area contributed by atoms with E-state index < -0.39 is 5.60 Å². The van der Waals surface area contributed by atoms with Gasteiger partial charge in [-0.15, -0.1) is 0 Å². The molecule has 0 bridgehead atoms. The van der Waals surface area contributed by atoms with E-state index in [0.717, 1.165) is 19.0 Å². The maximum atomic E-state index is 9.96. The fourth-order valence-corrected chi connectivity index (χ4v) is 2.26. The van der Waals surface area contributed by atoms with E-state index in [-0.39, 0.29) is 0 Å². The van der Waals surface area contributed by atoms with Gasteiger partial charge in [0.15, 0.2) is 0 Å². The fourth-order valence-electron chi connectivity index (χ4n) is 2.26. The standard InChI is InChI=1S/C12H26N2O/c1-4-7-14(11-5-6-11)10(2)8-12(3,15)9-13/h10-11,15H,4-9,13H2,1-3H3. The van der Waals surface area contributed by atoms with E-state index in [9.17, 15) is 5.11 Å². The van der Waals surface area contributed by atoms with Gasteiger partial charge >= 0.3 is 0 Å². The van der Waals surface area contributed by atoms with Crippen molar-refractivity contribution in [1.29, 1.82) is 0 Å². The van der Waals surface area contributed by atoms with Crippen molar-refractivity contribution in [3.8, 4) is 0 Å². The maximum Gasteiger partial charge on any atom is 0.0756 e. The normalized spacial score (nSPS) is 22.8. The average molecular weight is 214 g/mol. The minimum Gasteiger partial charge on any atom is -0.389 e. The van der Waals surface area contributed by atoms with Gasteiger partial charge in [-0.1, -0.05) is 6.92 Å².